The van der Waals surface area contributed by atoms with Crippen molar-refractivity contribution in [2.45, 2.75) is 39.5 Å². The van der Waals surface area contributed by atoms with Crippen LogP contribution in [0.3, 0.4) is 0 Å². The fraction of sp³-hybridized carbons (Fsp3) is 0.500. The highest BCUT2D eigenvalue weighted by Crippen LogP contribution is 2.54. The number of carboxylic acid groups (broad SMARTS) is 1. The molecule has 0 spiro atoms. The van der Waals surface area contributed by atoms with Crippen molar-refractivity contribution >= 4 is 5.97 Å². The van der Waals surface area contributed by atoms with Crippen LogP contribution < -0.4 is 0 Å². The molecule has 0 aliphatic heterocycles. The van der Waals surface area contributed by atoms with Gasteiger partial charge in [0, 0.05) is 5.41 Å². The first kappa shape index (κ1) is 12.8. The molecule has 2 atom stereocenters. The maximum atomic E-state index is 10.8. The summed E-state index contributed by atoms with van der Waals surface area (Å²) in [6, 6.07) is 8.14. The molecule has 1 saturated carbocycles. The van der Waals surface area contributed by atoms with Gasteiger partial charge in [-0.25, -0.2) is 0 Å². The van der Waals surface area contributed by atoms with Crippen molar-refractivity contribution in [2.75, 3.05) is 0 Å². The average molecular weight is 220 g/mol. The second-order valence-electron chi connectivity index (χ2n) is 4.38. The van der Waals surface area contributed by atoms with E-state index in [-0.39, 0.29) is 11.3 Å². The third-order valence-electron chi connectivity index (χ3n) is 3.21. The second-order valence-corrected chi connectivity index (χ2v) is 4.38. The van der Waals surface area contributed by atoms with Crippen LogP contribution in [0.25, 0.3) is 0 Å². The molecule has 0 heterocycles. The lowest BCUT2D eigenvalue weighted by molar-refractivity contribution is -0.138. The largest absolute Gasteiger partial charge is 0.481 e. The molecule has 0 aromatic heterocycles. The lowest BCUT2D eigenvalue weighted by Gasteiger charge is -2.10. The Kier molecular flexibility index (Phi) is 3.74. The van der Waals surface area contributed by atoms with Crippen molar-refractivity contribution < 1.29 is 9.90 Å². The van der Waals surface area contributed by atoms with Gasteiger partial charge in [0.25, 0.3) is 0 Å². The molecule has 1 aromatic rings. The molecule has 1 fully saturated rings. The Labute approximate surface area is 97.3 Å². The summed E-state index contributed by atoms with van der Waals surface area (Å²) < 4.78 is 0. The zero-order valence-corrected chi connectivity index (χ0v) is 10.4. The van der Waals surface area contributed by atoms with Gasteiger partial charge in [-0.15, -0.1) is 0 Å². The molecule has 0 bridgehead atoms. The quantitative estimate of drug-likeness (QED) is 0.829. The minimum absolute atomic E-state index is 0.127. The SMILES string of the molecule is CC.Cc1cccc(C2(C)CC2C(=O)O)c1. The molecule has 0 radical (unpaired) electrons. The molecule has 2 heteroatoms. The Morgan fingerprint density at radius 3 is 2.50 bits per heavy atom. The Bertz CT molecular complexity index is 384. The summed E-state index contributed by atoms with van der Waals surface area (Å²) in [4.78, 5) is 10.8. The smallest absolute Gasteiger partial charge is 0.307 e. The number of aryl methyl sites for hydroxylation is 1. The van der Waals surface area contributed by atoms with Crippen LogP contribution >= 0.6 is 0 Å². The van der Waals surface area contributed by atoms with E-state index < -0.39 is 5.97 Å². The lowest BCUT2D eigenvalue weighted by Crippen LogP contribution is -2.10. The lowest BCUT2D eigenvalue weighted by atomic mass is 9.94. The molecule has 1 N–H and O–H groups in total. The maximum Gasteiger partial charge on any atom is 0.307 e. The number of aliphatic carboxylic acids is 1. The fourth-order valence-corrected chi connectivity index (χ4v) is 2.04. The van der Waals surface area contributed by atoms with Gasteiger partial charge in [-0.2, -0.15) is 0 Å². The van der Waals surface area contributed by atoms with Crippen LogP contribution in [-0.2, 0) is 10.2 Å². The Morgan fingerprint density at radius 2 is 2.06 bits per heavy atom. The molecule has 88 valence electrons. The summed E-state index contributed by atoms with van der Waals surface area (Å²) >= 11 is 0. The summed E-state index contributed by atoms with van der Waals surface area (Å²) in [5, 5.41) is 8.92. The van der Waals surface area contributed by atoms with Gasteiger partial charge in [-0.1, -0.05) is 50.6 Å². The molecule has 2 unspecified atom stereocenters. The first-order chi connectivity index (χ1) is 7.54. The molecule has 16 heavy (non-hydrogen) atoms. The van der Waals surface area contributed by atoms with Crippen LogP contribution in [-0.4, -0.2) is 11.1 Å². The highest BCUT2D eigenvalue weighted by molar-refractivity contribution is 5.77. The third kappa shape index (κ3) is 2.26. The number of carboxylic acids is 1. The van der Waals surface area contributed by atoms with Crippen LogP contribution in [0.5, 0.6) is 0 Å². The standard InChI is InChI=1S/C12H14O2.C2H6/c1-8-4-3-5-9(6-8)12(2)7-10(12)11(13)14;1-2/h3-6,10H,7H2,1-2H3,(H,13,14);1-2H3. The summed E-state index contributed by atoms with van der Waals surface area (Å²) in [6.45, 7) is 8.06. The van der Waals surface area contributed by atoms with E-state index >= 15 is 0 Å². The van der Waals surface area contributed by atoms with Crippen molar-refractivity contribution in [3.8, 4) is 0 Å². The number of carbonyl (C=O) groups is 1. The Hall–Kier alpha value is -1.31. The van der Waals surface area contributed by atoms with E-state index in [1.807, 2.05) is 45.9 Å². The number of hydrogen-bond acceptors (Lipinski definition) is 1. The Morgan fingerprint density at radius 1 is 1.44 bits per heavy atom. The second kappa shape index (κ2) is 4.69. The molecule has 2 rings (SSSR count). The average Bonchev–Trinajstić information content (AvgIpc) is 2.96. The highest BCUT2D eigenvalue weighted by atomic mass is 16.4. The monoisotopic (exact) mass is 220 g/mol. The van der Waals surface area contributed by atoms with Crippen LogP contribution in [0.15, 0.2) is 24.3 Å². The van der Waals surface area contributed by atoms with E-state index in [0.29, 0.717) is 0 Å². The summed E-state index contributed by atoms with van der Waals surface area (Å²) in [7, 11) is 0. The van der Waals surface area contributed by atoms with Crippen LogP contribution in [0.4, 0.5) is 0 Å². The van der Waals surface area contributed by atoms with Gasteiger partial charge in [0.1, 0.15) is 0 Å². The van der Waals surface area contributed by atoms with E-state index in [1.165, 1.54) is 5.56 Å². The summed E-state index contributed by atoms with van der Waals surface area (Å²) in [6.07, 6.45) is 0.770. The maximum absolute atomic E-state index is 10.8. The minimum Gasteiger partial charge on any atom is -0.481 e. The Balaban J connectivity index is 0.000000606. The van der Waals surface area contributed by atoms with Gasteiger partial charge in [-0.3, -0.25) is 4.79 Å². The first-order valence-corrected chi connectivity index (χ1v) is 5.84. The van der Waals surface area contributed by atoms with Crippen molar-refractivity contribution in [3.05, 3.63) is 35.4 Å². The predicted octanol–water partition coefficient (Wildman–Crippen LogP) is 3.38. The molecule has 1 aliphatic rings. The van der Waals surface area contributed by atoms with E-state index in [2.05, 4.69) is 6.07 Å². The zero-order valence-electron chi connectivity index (χ0n) is 10.4. The normalized spacial score (nSPS) is 26.6. The number of rotatable bonds is 2. The van der Waals surface area contributed by atoms with Crippen LogP contribution in [0.2, 0.25) is 0 Å². The highest BCUT2D eigenvalue weighted by Gasteiger charge is 2.55. The molecule has 2 nitrogen and oxygen atoms in total. The molecule has 0 saturated heterocycles. The van der Waals surface area contributed by atoms with Crippen molar-refractivity contribution in [1.29, 1.82) is 0 Å². The predicted molar refractivity (Wildman–Crippen MR) is 65.6 cm³/mol. The zero-order chi connectivity index (χ0) is 12.3. The van der Waals surface area contributed by atoms with Crippen LogP contribution in [0.1, 0.15) is 38.3 Å². The van der Waals surface area contributed by atoms with Crippen molar-refractivity contribution in [1.82, 2.24) is 0 Å². The summed E-state index contributed by atoms with van der Waals surface area (Å²) in [5.41, 5.74) is 2.22. The van der Waals surface area contributed by atoms with Crippen molar-refractivity contribution in [2.24, 2.45) is 5.92 Å². The van der Waals surface area contributed by atoms with E-state index in [1.54, 1.807) is 0 Å². The van der Waals surface area contributed by atoms with E-state index in [0.717, 1.165) is 12.0 Å². The van der Waals surface area contributed by atoms with E-state index in [9.17, 15) is 4.79 Å². The van der Waals surface area contributed by atoms with Gasteiger partial charge in [0.2, 0.25) is 0 Å². The van der Waals surface area contributed by atoms with Gasteiger partial charge in [-0.05, 0) is 18.9 Å². The molecule has 0 amide bonds. The molecule has 1 aliphatic carbocycles. The number of hydrogen-bond donors (Lipinski definition) is 1. The van der Waals surface area contributed by atoms with Gasteiger partial charge < -0.3 is 5.11 Å². The van der Waals surface area contributed by atoms with Gasteiger partial charge >= 0.3 is 5.97 Å². The fourth-order valence-electron chi connectivity index (χ4n) is 2.04. The van der Waals surface area contributed by atoms with Gasteiger partial charge in [0.15, 0.2) is 0 Å². The third-order valence-corrected chi connectivity index (χ3v) is 3.21. The number of benzene rings is 1. The molecule has 1 aromatic carbocycles. The topological polar surface area (TPSA) is 37.3 Å². The summed E-state index contributed by atoms with van der Waals surface area (Å²) in [5.74, 6) is -0.863. The van der Waals surface area contributed by atoms with Crippen molar-refractivity contribution in [3.63, 3.8) is 0 Å². The van der Waals surface area contributed by atoms with Gasteiger partial charge in [0.05, 0.1) is 5.92 Å². The minimum atomic E-state index is -0.672. The van der Waals surface area contributed by atoms with Crippen LogP contribution in [0, 0.1) is 12.8 Å². The van der Waals surface area contributed by atoms with E-state index in [4.69, 9.17) is 5.11 Å². The molecular weight excluding hydrogens is 200 g/mol. The molecular formula is C14H20O2. The first-order valence-electron chi connectivity index (χ1n) is 5.84.